The molecule has 1 aliphatic rings. The van der Waals surface area contributed by atoms with E-state index in [0.717, 1.165) is 12.1 Å². The molecule has 2 rings (SSSR count). The number of sulfone groups is 1. The summed E-state index contributed by atoms with van der Waals surface area (Å²) >= 11 is 0. The Morgan fingerprint density at radius 2 is 2.05 bits per heavy atom. The summed E-state index contributed by atoms with van der Waals surface area (Å²) in [5.41, 5.74) is 0. The molecular weight excluding hydrogens is 276 g/mol. The van der Waals surface area contributed by atoms with Crippen molar-refractivity contribution in [1.82, 2.24) is 5.32 Å². The van der Waals surface area contributed by atoms with Crippen LogP contribution in [-0.4, -0.2) is 40.0 Å². The van der Waals surface area contributed by atoms with Gasteiger partial charge < -0.3 is 10.1 Å². The Balaban J connectivity index is 2.37. The van der Waals surface area contributed by atoms with Gasteiger partial charge >= 0.3 is 0 Å². The van der Waals surface area contributed by atoms with Crippen molar-refractivity contribution < 1.29 is 21.9 Å². The predicted molar refractivity (Wildman–Crippen MR) is 65.6 cm³/mol. The van der Waals surface area contributed by atoms with E-state index >= 15 is 0 Å². The van der Waals surface area contributed by atoms with Crippen LogP contribution in [0.4, 0.5) is 8.78 Å². The van der Waals surface area contributed by atoms with Crippen molar-refractivity contribution >= 4 is 9.84 Å². The maximum absolute atomic E-state index is 13.2. The second-order valence-electron chi connectivity index (χ2n) is 4.42. The molecule has 1 heterocycles. The summed E-state index contributed by atoms with van der Waals surface area (Å²) in [4.78, 5) is -0.220. The molecule has 0 amide bonds. The van der Waals surface area contributed by atoms with Gasteiger partial charge in [0.1, 0.15) is 5.25 Å². The molecule has 1 aliphatic heterocycles. The number of hydrogen-bond acceptors (Lipinski definition) is 4. The number of rotatable bonds is 3. The van der Waals surface area contributed by atoms with Crippen molar-refractivity contribution in [2.24, 2.45) is 0 Å². The van der Waals surface area contributed by atoms with Crippen LogP contribution in [0.1, 0.15) is 6.42 Å². The minimum Gasteiger partial charge on any atom is -0.380 e. The Morgan fingerprint density at radius 1 is 1.32 bits per heavy atom. The lowest BCUT2D eigenvalue weighted by Crippen LogP contribution is -2.49. The van der Waals surface area contributed by atoms with E-state index in [1.165, 1.54) is 0 Å². The Labute approximate surface area is 110 Å². The molecule has 1 aromatic carbocycles. The predicted octanol–water partition coefficient (Wildman–Crippen LogP) is 1.12. The van der Waals surface area contributed by atoms with Crippen LogP contribution < -0.4 is 5.32 Å². The molecule has 1 N–H and O–H groups in total. The van der Waals surface area contributed by atoms with E-state index in [4.69, 9.17) is 4.74 Å². The van der Waals surface area contributed by atoms with Gasteiger partial charge in [0.15, 0.2) is 21.5 Å². The molecule has 0 radical (unpaired) electrons. The average Bonchev–Trinajstić information content (AvgIpc) is 2.41. The summed E-state index contributed by atoms with van der Waals surface area (Å²) in [6.45, 7) is 0.530. The molecule has 106 valence electrons. The second-order valence-corrected chi connectivity index (χ2v) is 6.59. The first-order valence-corrected chi connectivity index (χ1v) is 7.45. The van der Waals surface area contributed by atoms with Gasteiger partial charge in [-0.3, -0.25) is 0 Å². The SMILES string of the molecule is CNC1CCOCC1S(=O)(=O)c1ccc(F)c(F)c1. The van der Waals surface area contributed by atoms with Gasteiger partial charge in [0.2, 0.25) is 0 Å². The number of nitrogens with one attached hydrogen (secondary N) is 1. The topological polar surface area (TPSA) is 55.4 Å². The third kappa shape index (κ3) is 2.77. The maximum atomic E-state index is 13.2. The maximum Gasteiger partial charge on any atom is 0.185 e. The van der Waals surface area contributed by atoms with E-state index in [-0.39, 0.29) is 17.5 Å². The number of ether oxygens (including phenoxy) is 1. The minimum atomic E-state index is -3.76. The van der Waals surface area contributed by atoms with Gasteiger partial charge in [-0.2, -0.15) is 0 Å². The Morgan fingerprint density at radius 3 is 2.68 bits per heavy atom. The molecule has 0 aromatic heterocycles. The van der Waals surface area contributed by atoms with Crippen LogP contribution in [0.2, 0.25) is 0 Å². The lowest BCUT2D eigenvalue weighted by Gasteiger charge is -2.30. The monoisotopic (exact) mass is 291 g/mol. The lowest BCUT2D eigenvalue weighted by molar-refractivity contribution is 0.0825. The highest BCUT2D eigenvalue weighted by Gasteiger charge is 2.36. The molecule has 1 saturated heterocycles. The van der Waals surface area contributed by atoms with Gasteiger partial charge in [0.05, 0.1) is 11.5 Å². The highest BCUT2D eigenvalue weighted by atomic mass is 32.2. The van der Waals surface area contributed by atoms with Gasteiger partial charge in [0, 0.05) is 12.6 Å². The van der Waals surface area contributed by atoms with Gasteiger partial charge in [-0.1, -0.05) is 0 Å². The third-order valence-electron chi connectivity index (χ3n) is 3.29. The zero-order valence-electron chi connectivity index (χ0n) is 10.4. The highest BCUT2D eigenvalue weighted by Crippen LogP contribution is 2.24. The summed E-state index contributed by atoms with van der Waals surface area (Å²) in [6, 6.07) is 2.35. The van der Waals surface area contributed by atoms with Crippen molar-refractivity contribution in [3.63, 3.8) is 0 Å². The van der Waals surface area contributed by atoms with Gasteiger partial charge in [0.25, 0.3) is 0 Å². The molecule has 0 aliphatic carbocycles. The molecule has 19 heavy (non-hydrogen) atoms. The quantitative estimate of drug-likeness (QED) is 0.848. The van der Waals surface area contributed by atoms with E-state index in [0.29, 0.717) is 19.1 Å². The van der Waals surface area contributed by atoms with E-state index in [2.05, 4.69) is 5.32 Å². The number of hydrogen-bond donors (Lipinski definition) is 1. The van der Waals surface area contributed by atoms with Crippen LogP contribution in [-0.2, 0) is 14.6 Å². The van der Waals surface area contributed by atoms with E-state index < -0.39 is 26.7 Å². The molecular formula is C12H15F2NO3S. The van der Waals surface area contributed by atoms with E-state index in [1.807, 2.05) is 0 Å². The fraction of sp³-hybridized carbons (Fsp3) is 0.500. The van der Waals surface area contributed by atoms with Gasteiger partial charge in [-0.15, -0.1) is 0 Å². The van der Waals surface area contributed by atoms with Crippen molar-refractivity contribution in [3.8, 4) is 0 Å². The van der Waals surface area contributed by atoms with E-state index in [1.54, 1.807) is 7.05 Å². The van der Waals surface area contributed by atoms with E-state index in [9.17, 15) is 17.2 Å². The fourth-order valence-corrected chi connectivity index (χ4v) is 4.03. The first-order valence-electron chi connectivity index (χ1n) is 5.91. The normalized spacial score (nSPS) is 24.4. The zero-order valence-corrected chi connectivity index (χ0v) is 11.2. The summed E-state index contributed by atoms with van der Waals surface area (Å²) < 4.78 is 56.0. The Bertz CT molecular complexity index is 562. The van der Waals surface area contributed by atoms with Crippen molar-refractivity contribution in [1.29, 1.82) is 0 Å². The summed E-state index contributed by atoms with van der Waals surface area (Å²) in [6.07, 6.45) is 0.560. The van der Waals surface area contributed by atoms with Crippen LogP contribution in [0.25, 0.3) is 0 Å². The average molecular weight is 291 g/mol. The Hall–Kier alpha value is -1.05. The molecule has 1 aromatic rings. The molecule has 2 atom stereocenters. The molecule has 0 saturated carbocycles. The molecule has 0 spiro atoms. The van der Waals surface area contributed by atoms with Crippen LogP contribution in [0.5, 0.6) is 0 Å². The van der Waals surface area contributed by atoms with Crippen LogP contribution in [0, 0.1) is 11.6 Å². The molecule has 0 bridgehead atoms. The summed E-state index contributed by atoms with van der Waals surface area (Å²) in [5, 5.41) is 2.13. The fourth-order valence-electron chi connectivity index (χ4n) is 2.18. The third-order valence-corrected chi connectivity index (χ3v) is 5.47. The zero-order chi connectivity index (χ0) is 14.0. The largest absolute Gasteiger partial charge is 0.380 e. The first kappa shape index (κ1) is 14.4. The summed E-state index contributed by atoms with van der Waals surface area (Å²) in [5.74, 6) is -2.23. The first-order chi connectivity index (χ1) is 8.96. The molecule has 1 fully saturated rings. The number of halogens is 2. The van der Waals surface area contributed by atoms with Crippen LogP contribution in [0.15, 0.2) is 23.1 Å². The molecule has 2 unspecified atom stereocenters. The van der Waals surface area contributed by atoms with Crippen LogP contribution >= 0.6 is 0 Å². The minimum absolute atomic E-state index is 0.0484. The van der Waals surface area contributed by atoms with Gasteiger partial charge in [-0.05, 0) is 31.7 Å². The summed E-state index contributed by atoms with van der Waals surface area (Å²) in [7, 11) is -2.09. The highest BCUT2D eigenvalue weighted by molar-refractivity contribution is 7.92. The molecule has 4 nitrogen and oxygen atoms in total. The van der Waals surface area contributed by atoms with Crippen molar-refractivity contribution in [3.05, 3.63) is 29.8 Å². The second kappa shape index (κ2) is 5.52. The molecule has 7 heteroatoms. The number of benzene rings is 1. The Kier molecular flexibility index (Phi) is 4.17. The van der Waals surface area contributed by atoms with Crippen molar-refractivity contribution in [2.45, 2.75) is 22.6 Å². The van der Waals surface area contributed by atoms with Gasteiger partial charge in [-0.25, -0.2) is 17.2 Å². The standard InChI is InChI=1S/C12H15F2NO3S/c1-15-11-4-5-18-7-12(11)19(16,17)8-2-3-9(13)10(14)6-8/h2-3,6,11-12,15H,4-5,7H2,1H3. The van der Waals surface area contributed by atoms with Crippen LogP contribution in [0.3, 0.4) is 0 Å². The van der Waals surface area contributed by atoms with Crippen molar-refractivity contribution in [2.75, 3.05) is 20.3 Å². The smallest absolute Gasteiger partial charge is 0.185 e. The lowest BCUT2D eigenvalue weighted by atomic mass is 10.1.